The highest BCUT2D eigenvalue weighted by Crippen LogP contribution is 2.15. The lowest BCUT2D eigenvalue weighted by Crippen LogP contribution is -2.36. The van der Waals surface area contributed by atoms with E-state index in [0.717, 1.165) is 16.7 Å². The van der Waals surface area contributed by atoms with Crippen molar-refractivity contribution in [3.05, 3.63) is 77.9 Å². The Morgan fingerprint density at radius 1 is 1.10 bits per heavy atom. The van der Waals surface area contributed by atoms with Gasteiger partial charge in [-0.25, -0.2) is 14.5 Å². The monoisotopic (exact) mass is 401 g/mol. The number of amides is 2. The number of nitrogens with zero attached hydrogens (tertiary/aromatic N) is 4. The first-order chi connectivity index (χ1) is 14.0. The minimum atomic E-state index is -2.86. The Hall–Kier alpha value is -3.49. The highest BCUT2D eigenvalue weighted by atomic mass is 19.3. The Balaban J connectivity index is 1.45. The summed E-state index contributed by atoms with van der Waals surface area (Å²) < 4.78 is 30.4. The molecule has 0 saturated heterocycles. The summed E-state index contributed by atoms with van der Waals surface area (Å²) >= 11 is 0. The quantitative estimate of drug-likeness (QED) is 0.629. The van der Waals surface area contributed by atoms with Gasteiger partial charge in [0.05, 0.1) is 6.54 Å². The maximum Gasteiger partial charge on any atom is 0.387 e. The second-order valence-electron chi connectivity index (χ2n) is 6.45. The molecule has 0 radical (unpaired) electrons. The largest absolute Gasteiger partial charge is 0.435 e. The molecular weight excluding hydrogens is 380 g/mol. The minimum Gasteiger partial charge on any atom is -0.435 e. The Kier molecular flexibility index (Phi) is 6.72. The van der Waals surface area contributed by atoms with E-state index >= 15 is 0 Å². The normalized spacial score (nSPS) is 10.8. The molecule has 0 unspecified atom stereocenters. The maximum absolute atomic E-state index is 12.3. The predicted molar refractivity (Wildman–Crippen MR) is 102 cm³/mol. The van der Waals surface area contributed by atoms with Crippen LogP contribution in [0.15, 0.2) is 61.2 Å². The number of hydrogen-bond acceptors (Lipinski definition) is 4. The van der Waals surface area contributed by atoms with Gasteiger partial charge in [-0.2, -0.15) is 13.9 Å². The number of nitrogens with one attached hydrogen (secondary N) is 1. The first kappa shape index (κ1) is 20.2. The van der Waals surface area contributed by atoms with Crippen LogP contribution in [0.1, 0.15) is 16.7 Å². The topological polar surface area (TPSA) is 72.3 Å². The summed E-state index contributed by atoms with van der Waals surface area (Å²) in [6, 6.07) is 13.8. The van der Waals surface area contributed by atoms with E-state index in [4.69, 9.17) is 0 Å². The molecule has 1 heterocycles. The molecule has 2 aromatic carbocycles. The zero-order valence-electron chi connectivity index (χ0n) is 15.8. The molecule has 0 aliphatic rings. The second kappa shape index (κ2) is 9.63. The molecule has 3 aromatic rings. The van der Waals surface area contributed by atoms with Gasteiger partial charge in [0.25, 0.3) is 0 Å². The van der Waals surface area contributed by atoms with Crippen molar-refractivity contribution < 1.29 is 18.3 Å². The first-order valence-electron chi connectivity index (χ1n) is 8.92. The molecule has 29 heavy (non-hydrogen) atoms. The van der Waals surface area contributed by atoms with Crippen LogP contribution >= 0.6 is 0 Å². The van der Waals surface area contributed by atoms with Gasteiger partial charge in [-0.05, 0) is 28.8 Å². The van der Waals surface area contributed by atoms with Crippen LogP contribution in [0.2, 0.25) is 0 Å². The van der Waals surface area contributed by atoms with Crippen molar-refractivity contribution in [2.75, 3.05) is 7.05 Å². The van der Waals surface area contributed by atoms with Crippen LogP contribution in [0.4, 0.5) is 13.6 Å². The Morgan fingerprint density at radius 3 is 2.38 bits per heavy atom. The van der Waals surface area contributed by atoms with Crippen molar-refractivity contribution in [3.63, 3.8) is 0 Å². The molecule has 0 atom stereocenters. The number of alkyl halides is 2. The van der Waals surface area contributed by atoms with Gasteiger partial charge < -0.3 is 15.0 Å². The van der Waals surface area contributed by atoms with E-state index in [-0.39, 0.29) is 11.8 Å². The van der Waals surface area contributed by atoms with Crippen LogP contribution < -0.4 is 10.1 Å². The third-order valence-electron chi connectivity index (χ3n) is 4.19. The van der Waals surface area contributed by atoms with Gasteiger partial charge in [0.2, 0.25) is 0 Å². The number of rotatable bonds is 8. The molecule has 3 rings (SSSR count). The Bertz CT molecular complexity index is 900. The van der Waals surface area contributed by atoms with E-state index in [1.54, 1.807) is 30.2 Å². The number of carbonyl (C=O) groups is 1. The molecule has 0 aliphatic heterocycles. The lowest BCUT2D eigenvalue weighted by atomic mass is 10.1. The van der Waals surface area contributed by atoms with E-state index in [1.165, 1.54) is 23.4 Å². The van der Waals surface area contributed by atoms with Gasteiger partial charge >= 0.3 is 12.6 Å². The molecule has 9 heteroatoms. The van der Waals surface area contributed by atoms with E-state index in [1.807, 2.05) is 24.3 Å². The summed E-state index contributed by atoms with van der Waals surface area (Å²) in [5.74, 6) is 0.0862. The molecule has 0 bridgehead atoms. The number of urea groups is 1. The van der Waals surface area contributed by atoms with Crippen molar-refractivity contribution in [1.29, 1.82) is 0 Å². The number of benzene rings is 2. The molecule has 152 valence electrons. The smallest absolute Gasteiger partial charge is 0.387 e. The van der Waals surface area contributed by atoms with Crippen LogP contribution in [0, 0.1) is 0 Å². The van der Waals surface area contributed by atoms with E-state index in [2.05, 4.69) is 20.1 Å². The van der Waals surface area contributed by atoms with Gasteiger partial charge in [0.15, 0.2) is 0 Å². The lowest BCUT2D eigenvalue weighted by molar-refractivity contribution is -0.0498. The average molecular weight is 401 g/mol. The standard InChI is InChI=1S/C20H21F2N5O2/c1-26(11-16-6-8-18(9-7-16)29-19(21)22)20(28)24-10-15-2-4-17(5-3-15)12-27-14-23-13-25-27/h2-9,13-14,19H,10-12H2,1H3,(H,24,28). The van der Waals surface area contributed by atoms with Gasteiger partial charge in [0.1, 0.15) is 18.4 Å². The predicted octanol–water partition coefficient (Wildman–Crippen LogP) is 3.27. The van der Waals surface area contributed by atoms with Gasteiger partial charge in [-0.3, -0.25) is 0 Å². The van der Waals surface area contributed by atoms with Crippen LogP contribution in [0.25, 0.3) is 0 Å². The van der Waals surface area contributed by atoms with Crippen molar-refractivity contribution in [3.8, 4) is 5.75 Å². The summed E-state index contributed by atoms with van der Waals surface area (Å²) in [6.45, 7) is -1.48. The highest BCUT2D eigenvalue weighted by Gasteiger charge is 2.10. The number of aromatic nitrogens is 3. The summed E-state index contributed by atoms with van der Waals surface area (Å²) in [5.41, 5.74) is 2.87. The molecule has 1 aromatic heterocycles. The van der Waals surface area contributed by atoms with Crippen LogP contribution in [-0.4, -0.2) is 39.4 Å². The Labute approximate surface area is 166 Å². The molecule has 0 saturated carbocycles. The van der Waals surface area contributed by atoms with Gasteiger partial charge in [-0.1, -0.05) is 36.4 Å². The van der Waals surface area contributed by atoms with E-state index in [0.29, 0.717) is 19.6 Å². The third-order valence-corrected chi connectivity index (χ3v) is 4.19. The van der Waals surface area contributed by atoms with Crippen molar-refractivity contribution in [1.82, 2.24) is 25.0 Å². The van der Waals surface area contributed by atoms with Crippen LogP contribution in [0.5, 0.6) is 5.75 Å². The number of ether oxygens (including phenoxy) is 1. The zero-order chi connectivity index (χ0) is 20.6. The molecule has 0 fully saturated rings. The molecule has 0 aliphatic carbocycles. The molecule has 7 nitrogen and oxygen atoms in total. The fourth-order valence-electron chi connectivity index (χ4n) is 2.70. The average Bonchev–Trinajstić information content (AvgIpc) is 3.21. The number of halogens is 2. The summed E-state index contributed by atoms with van der Waals surface area (Å²) in [5, 5.41) is 6.92. The summed E-state index contributed by atoms with van der Waals surface area (Å²) in [7, 11) is 1.67. The third kappa shape index (κ3) is 6.27. The molecular formula is C20H21F2N5O2. The lowest BCUT2D eigenvalue weighted by Gasteiger charge is -2.18. The maximum atomic E-state index is 12.3. The molecule has 2 amide bonds. The van der Waals surface area contributed by atoms with Crippen LogP contribution in [0.3, 0.4) is 0 Å². The Morgan fingerprint density at radius 2 is 1.76 bits per heavy atom. The highest BCUT2D eigenvalue weighted by molar-refractivity contribution is 5.73. The zero-order valence-corrected chi connectivity index (χ0v) is 15.8. The fourth-order valence-corrected chi connectivity index (χ4v) is 2.70. The minimum absolute atomic E-state index is 0.0862. The molecule has 1 N–H and O–H groups in total. The fraction of sp³-hybridized carbons (Fsp3) is 0.250. The first-order valence-corrected chi connectivity index (χ1v) is 8.92. The summed E-state index contributed by atoms with van der Waals surface area (Å²) in [4.78, 5) is 17.7. The number of carbonyl (C=O) groups excluding carboxylic acids is 1. The van der Waals surface area contributed by atoms with Crippen molar-refractivity contribution in [2.24, 2.45) is 0 Å². The van der Waals surface area contributed by atoms with E-state index in [9.17, 15) is 13.6 Å². The van der Waals surface area contributed by atoms with Crippen LogP contribution in [-0.2, 0) is 19.6 Å². The van der Waals surface area contributed by atoms with Crippen molar-refractivity contribution >= 4 is 6.03 Å². The summed E-state index contributed by atoms with van der Waals surface area (Å²) in [6.07, 6.45) is 3.15. The van der Waals surface area contributed by atoms with Gasteiger partial charge in [-0.15, -0.1) is 0 Å². The second-order valence-corrected chi connectivity index (χ2v) is 6.45. The van der Waals surface area contributed by atoms with E-state index < -0.39 is 6.61 Å². The molecule has 0 spiro atoms. The SMILES string of the molecule is CN(Cc1ccc(OC(F)F)cc1)C(=O)NCc1ccc(Cn2cncn2)cc1. The van der Waals surface area contributed by atoms with Gasteiger partial charge in [0, 0.05) is 20.1 Å². The number of hydrogen-bond donors (Lipinski definition) is 1. The van der Waals surface area contributed by atoms with Crippen molar-refractivity contribution in [2.45, 2.75) is 26.2 Å².